The number of sulfonamides is 1. The summed E-state index contributed by atoms with van der Waals surface area (Å²) in [7, 11) is -3.58. The van der Waals surface area contributed by atoms with Crippen LogP contribution in [0.1, 0.15) is 45.4 Å². The Balaban J connectivity index is 2.11. The molecule has 1 unspecified atom stereocenters. The van der Waals surface area contributed by atoms with Crippen molar-refractivity contribution in [3.8, 4) is 0 Å². The van der Waals surface area contributed by atoms with Crippen molar-refractivity contribution in [1.29, 1.82) is 0 Å². The number of hydrogen-bond donors (Lipinski definition) is 3. The first-order valence-electron chi connectivity index (χ1n) is 6.85. The lowest BCUT2D eigenvalue weighted by Gasteiger charge is -2.29. The quantitative estimate of drug-likeness (QED) is 0.765. The molecule has 1 fully saturated rings. The maximum absolute atomic E-state index is 12.3. The number of nitrogens with one attached hydrogen (secondary N) is 2. The Labute approximate surface area is 114 Å². The van der Waals surface area contributed by atoms with E-state index in [9.17, 15) is 8.42 Å². The number of hydrogen-bond acceptors (Lipinski definition) is 4. The zero-order chi connectivity index (χ0) is 13.9. The van der Waals surface area contributed by atoms with Gasteiger partial charge in [-0.3, -0.25) is 5.10 Å². The van der Waals surface area contributed by atoms with Gasteiger partial charge >= 0.3 is 0 Å². The number of nitrogens with two attached hydrogens (primary N) is 1. The van der Waals surface area contributed by atoms with Crippen LogP contribution in [0.5, 0.6) is 0 Å². The molecule has 0 bridgehead atoms. The molecule has 1 saturated carbocycles. The fourth-order valence-corrected chi connectivity index (χ4v) is 4.22. The first kappa shape index (κ1) is 14.3. The van der Waals surface area contributed by atoms with Crippen LogP contribution in [0, 0.1) is 5.92 Å². The lowest BCUT2D eigenvalue weighted by Crippen LogP contribution is -2.40. The van der Waals surface area contributed by atoms with Gasteiger partial charge in [0.05, 0.1) is 6.20 Å². The molecule has 108 valence electrons. The predicted molar refractivity (Wildman–Crippen MR) is 74.0 cm³/mol. The van der Waals surface area contributed by atoms with E-state index >= 15 is 0 Å². The van der Waals surface area contributed by atoms with Crippen molar-refractivity contribution in [3.05, 3.63) is 6.20 Å². The highest BCUT2D eigenvalue weighted by Crippen LogP contribution is 2.28. The molecule has 1 aromatic rings. The Morgan fingerprint density at radius 2 is 2.16 bits per heavy atom. The summed E-state index contributed by atoms with van der Waals surface area (Å²) in [6.07, 6.45) is 7.89. The van der Waals surface area contributed by atoms with E-state index in [1.165, 1.54) is 25.5 Å². The molecule has 1 aliphatic rings. The van der Waals surface area contributed by atoms with Crippen LogP contribution < -0.4 is 10.5 Å². The van der Waals surface area contributed by atoms with E-state index in [4.69, 9.17) is 5.73 Å². The van der Waals surface area contributed by atoms with Gasteiger partial charge in [0.15, 0.2) is 0 Å². The summed E-state index contributed by atoms with van der Waals surface area (Å²) in [5.74, 6) is 0.521. The second-order valence-corrected chi connectivity index (χ2v) is 6.86. The molecule has 1 aromatic heterocycles. The Hall–Kier alpha value is -1.08. The maximum atomic E-state index is 12.3. The molecule has 1 aliphatic carbocycles. The van der Waals surface area contributed by atoms with Crippen LogP contribution in [-0.4, -0.2) is 24.7 Å². The summed E-state index contributed by atoms with van der Waals surface area (Å²) in [6.45, 7) is 2.01. The van der Waals surface area contributed by atoms with E-state index in [-0.39, 0.29) is 16.8 Å². The third-order valence-corrected chi connectivity index (χ3v) is 5.40. The van der Waals surface area contributed by atoms with E-state index < -0.39 is 10.0 Å². The van der Waals surface area contributed by atoms with Crippen molar-refractivity contribution >= 4 is 15.8 Å². The van der Waals surface area contributed by atoms with Crippen molar-refractivity contribution in [2.75, 3.05) is 5.73 Å². The molecular weight excluding hydrogens is 264 g/mol. The van der Waals surface area contributed by atoms with Crippen LogP contribution in [0.2, 0.25) is 0 Å². The summed E-state index contributed by atoms with van der Waals surface area (Å²) in [4.78, 5) is 0.0433. The zero-order valence-corrected chi connectivity index (χ0v) is 12.0. The molecule has 2 rings (SSSR count). The number of aromatic nitrogens is 2. The van der Waals surface area contributed by atoms with Crippen LogP contribution in [0.3, 0.4) is 0 Å². The normalized spacial score (nSPS) is 19.4. The van der Waals surface area contributed by atoms with E-state index in [1.807, 2.05) is 6.92 Å². The lowest BCUT2D eigenvalue weighted by atomic mass is 9.83. The summed E-state index contributed by atoms with van der Waals surface area (Å²) < 4.78 is 27.3. The van der Waals surface area contributed by atoms with E-state index in [2.05, 4.69) is 14.9 Å². The summed E-state index contributed by atoms with van der Waals surface area (Å²) in [5, 5.41) is 6.12. The molecule has 0 aliphatic heterocycles. The SMILES string of the molecule is CCC(NS(=O)(=O)c1cn[nH]c1N)C1CCCCC1. The lowest BCUT2D eigenvalue weighted by molar-refractivity contribution is 0.285. The van der Waals surface area contributed by atoms with Crippen molar-refractivity contribution in [2.45, 2.75) is 56.4 Å². The highest BCUT2D eigenvalue weighted by atomic mass is 32.2. The minimum absolute atomic E-state index is 0.0143. The Morgan fingerprint density at radius 3 is 2.68 bits per heavy atom. The third kappa shape index (κ3) is 3.27. The standard InChI is InChI=1S/C12H22N4O2S/c1-2-10(9-6-4-3-5-7-9)16-19(17,18)11-8-14-15-12(11)13/h8-10,16H,2-7H2,1H3,(H3,13,14,15). The fourth-order valence-electron chi connectivity index (χ4n) is 2.81. The minimum atomic E-state index is -3.58. The van der Waals surface area contributed by atoms with Crippen LogP contribution in [0.25, 0.3) is 0 Å². The first-order chi connectivity index (χ1) is 9.04. The molecule has 0 amide bonds. The van der Waals surface area contributed by atoms with Crippen molar-refractivity contribution in [2.24, 2.45) is 5.92 Å². The second kappa shape index (κ2) is 5.92. The Kier molecular flexibility index (Phi) is 4.46. The Bertz CT molecular complexity index is 506. The van der Waals surface area contributed by atoms with Crippen molar-refractivity contribution in [1.82, 2.24) is 14.9 Å². The van der Waals surface area contributed by atoms with Gasteiger partial charge in [0, 0.05) is 6.04 Å². The molecule has 7 heteroatoms. The van der Waals surface area contributed by atoms with Gasteiger partial charge in [-0.1, -0.05) is 26.2 Å². The highest BCUT2D eigenvalue weighted by Gasteiger charge is 2.28. The maximum Gasteiger partial charge on any atom is 0.246 e. The predicted octanol–water partition coefficient (Wildman–Crippen LogP) is 1.63. The number of rotatable bonds is 5. The molecule has 1 atom stereocenters. The van der Waals surface area contributed by atoms with E-state index in [1.54, 1.807) is 0 Å². The largest absolute Gasteiger partial charge is 0.383 e. The second-order valence-electron chi connectivity index (χ2n) is 5.18. The topological polar surface area (TPSA) is 101 Å². The zero-order valence-electron chi connectivity index (χ0n) is 11.2. The molecule has 0 aromatic carbocycles. The number of nitrogen functional groups attached to an aromatic ring is 1. The molecular formula is C12H22N4O2S. The fraction of sp³-hybridized carbons (Fsp3) is 0.750. The number of aromatic amines is 1. The van der Waals surface area contributed by atoms with Crippen LogP contribution in [0.15, 0.2) is 11.1 Å². The Morgan fingerprint density at radius 1 is 1.47 bits per heavy atom. The van der Waals surface area contributed by atoms with Gasteiger partial charge in [-0.15, -0.1) is 0 Å². The van der Waals surface area contributed by atoms with Crippen molar-refractivity contribution < 1.29 is 8.42 Å². The molecule has 0 spiro atoms. The number of H-pyrrole nitrogens is 1. The molecule has 1 heterocycles. The van der Waals surface area contributed by atoms with Gasteiger partial charge in [0.25, 0.3) is 0 Å². The van der Waals surface area contributed by atoms with Crippen molar-refractivity contribution in [3.63, 3.8) is 0 Å². The molecule has 4 N–H and O–H groups in total. The van der Waals surface area contributed by atoms with E-state index in [0.29, 0.717) is 5.92 Å². The van der Waals surface area contributed by atoms with Gasteiger partial charge < -0.3 is 5.73 Å². The van der Waals surface area contributed by atoms with Crippen LogP contribution in [0.4, 0.5) is 5.82 Å². The van der Waals surface area contributed by atoms with Crippen LogP contribution in [-0.2, 0) is 10.0 Å². The molecule has 0 radical (unpaired) electrons. The molecule has 19 heavy (non-hydrogen) atoms. The monoisotopic (exact) mass is 286 g/mol. The highest BCUT2D eigenvalue weighted by molar-refractivity contribution is 7.89. The van der Waals surface area contributed by atoms with Gasteiger partial charge in [-0.05, 0) is 25.2 Å². The summed E-state index contributed by atoms with van der Waals surface area (Å²) in [6, 6.07) is -0.0143. The smallest absolute Gasteiger partial charge is 0.246 e. The van der Waals surface area contributed by atoms with Gasteiger partial charge in [0.2, 0.25) is 10.0 Å². The summed E-state index contributed by atoms with van der Waals surface area (Å²) >= 11 is 0. The molecule has 0 saturated heterocycles. The van der Waals surface area contributed by atoms with Gasteiger partial charge in [-0.25, -0.2) is 13.1 Å². The van der Waals surface area contributed by atoms with E-state index in [0.717, 1.165) is 19.3 Å². The molecule has 6 nitrogen and oxygen atoms in total. The van der Waals surface area contributed by atoms with Gasteiger partial charge in [0.1, 0.15) is 10.7 Å². The number of anilines is 1. The first-order valence-corrected chi connectivity index (χ1v) is 8.34. The third-order valence-electron chi connectivity index (χ3n) is 3.89. The average molecular weight is 286 g/mol. The minimum Gasteiger partial charge on any atom is -0.383 e. The van der Waals surface area contributed by atoms with Crippen LogP contribution >= 0.6 is 0 Å². The number of nitrogens with zero attached hydrogens (tertiary/aromatic N) is 1. The van der Waals surface area contributed by atoms with Gasteiger partial charge in [-0.2, -0.15) is 5.10 Å². The summed E-state index contributed by atoms with van der Waals surface area (Å²) in [5.41, 5.74) is 5.59. The average Bonchev–Trinajstić information content (AvgIpc) is 2.84.